The zero-order chi connectivity index (χ0) is 13.0. The molecular weight excluding hydrogens is 250 g/mol. The molecule has 1 saturated carbocycles. The summed E-state index contributed by atoms with van der Waals surface area (Å²) in [6, 6.07) is 3.71. The number of nitrogens with one attached hydrogen (secondary N) is 1. The molecule has 1 aliphatic carbocycles. The summed E-state index contributed by atoms with van der Waals surface area (Å²) < 4.78 is 29.7. The Morgan fingerprint density at radius 3 is 2.78 bits per heavy atom. The van der Waals surface area contributed by atoms with Gasteiger partial charge in [0.2, 0.25) is 0 Å². The van der Waals surface area contributed by atoms with Crippen LogP contribution >= 0.6 is 0 Å². The summed E-state index contributed by atoms with van der Waals surface area (Å²) in [5.74, 6) is 0.834. The van der Waals surface area contributed by atoms with Crippen LogP contribution in [0.3, 0.4) is 0 Å². The van der Waals surface area contributed by atoms with Crippen LogP contribution in [-0.4, -0.2) is 25.5 Å². The Hall–Kier alpha value is -0.810. The summed E-state index contributed by atoms with van der Waals surface area (Å²) in [6.45, 7) is 2.86. The molecular formula is C13H21NO3S. The highest BCUT2D eigenvalue weighted by Crippen LogP contribution is 2.27. The standard InChI is InChI=1S/C13H21NO3S/c1-11(9-14-10-12-5-4-8-17-12)18(15,16)13-6-2-3-7-13/h4-5,8,11,13-14H,2-3,6-7,9-10H2,1H3. The summed E-state index contributed by atoms with van der Waals surface area (Å²) in [4.78, 5) is 0. The van der Waals surface area contributed by atoms with Crippen LogP contribution < -0.4 is 5.32 Å². The van der Waals surface area contributed by atoms with E-state index >= 15 is 0 Å². The van der Waals surface area contributed by atoms with E-state index in [1.807, 2.05) is 12.1 Å². The molecule has 0 spiro atoms. The van der Waals surface area contributed by atoms with Gasteiger partial charge in [-0.3, -0.25) is 0 Å². The highest BCUT2D eigenvalue weighted by atomic mass is 32.2. The van der Waals surface area contributed by atoms with Gasteiger partial charge in [-0.2, -0.15) is 0 Å². The van der Waals surface area contributed by atoms with Crippen LogP contribution in [0.25, 0.3) is 0 Å². The van der Waals surface area contributed by atoms with Gasteiger partial charge in [-0.25, -0.2) is 8.42 Å². The number of rotatable bonds is 6. The number of sulfone groups is 1. The molecule has 1 fully saturated rings. The quantitative estimate of drug-likeness (QED) is 0.861. The Morgan fingerprint density at radius 2 is 2.17 bits per heavy atom. The van der Waals surface area contributed by atoms with Crippen molar-refractivity contribution in [2.24, 2.45) is 0 Å². The fourth-order valence-electron chi connectivity index (χ4n) is 2.47. The normalized spacial score (nSPS) is 19.2. The Balaban J connectivity index is 1.81. The fourth-order valence-corrected chi connectivity index (χ4v) is 4.47. The van der Waals surface area contributed by atoms with E-state index in [1.54, 1.807) is 13.2 Å². The first-order chi connectivity index (χ1) is 8.60. The molecule has 0 bridgehead atoms. The first-order valence-electron chi connectivity index (χ1n) is 6.56. The van der Waals surface area contributed by atoms with Crippen molar-refractivity contribution in [3.05, 3.63) is 24.2 Å². The van der Waals surface area contributed by atoms with Gasteiger partial charge < -0.3 is 9.73 Å². The van der Waals surface area contributed by atoms with Gasteiger partial charge >= 0.3 is 0 Å². The smallest absolute Gasteiger partial charge is 0.156 e. The topological polar surface area (TPSA) is 59.3 Å². The fraction of sp³-hybridized carbons (Fsp3) is 0.692. The maximum Gasteiger partial charge on any atom is 0.156 e. The molecule has 102 valence electrons. The molecule has 1 unspecified atom stereocenters. The van der Waals surface area contributed by atoms with Crippen molar-refractivity contribution in [3.8, 4) is 0 Å². The van der Waals surface area contributed by atoms with Gasteiger partial charge in [-0.05, 0) is 31.9 Å². The highest BCUT2D eigenvalue weighted by Gasteiger charge is 2.32. The third-order valence-electron chi connectivity index (χ3n) is 3.64. The van der Waals surface area contributed by atoms with Crippen molar-refractivity contribution in [2.45, 2.75) is 49.7 Å². The third-order valence-corrected chi connectivity index (χ3v) is 6.33. The van der Waals surface area contributed by atoms with Crippen LogP contribution in [0.15, 0.2) is 22.8 Å². The maximum absolute atomic E-state index is 12.3. The summed E-state index contributed by atoms with van der Waals surface area (Å²) in [7, 11) is -2.97. The van der Waals surface area contributed by atoms with E-state index in [2.05, 4.69) is 5.32 Å². The Morgan fingerprint density at radius 1 is 1.44 bits per heavy atom. The van der Waals surface area contributed by atoms with Gasteiger partial charge in [0.1, 0.15) is 5.76 Å². The predicted octanol–water partition coefficient (Wildman–Crippen LogP) is 2.12. The van der Waals surface area contributed by atoms with E-state index in [9.17, 15) is 8.42 Å². The van der Waals surface area contributed by atoms with Crippen molar-refractivity contribution in [1.82, 2.24) is 5.32 Å². The maximum atomic E-state index is 12.3. The predicted molar refractivity (Wildman–Crippen MR) is 71.1 cm³/mol. The molecule has 1 aromatic rings. The van der Waals surface area contributed by atoms with Crippen molar-refractivity contribution >= 4 is 9.84 Å². The molecule has 2 rings (SSSR count). The van der Waals surface area contributed by atoms with Gasteiger partial charge in [0.15, 0.2) is 9.84 Å². The van der Waals surface area contributed by atoms with E-state index in [0.717, 1.165) is 31.4 Å². The lowest BCUT2D eigenvalue weighted by Crippen LogP contribution is -2.36. The van der Waals surface area contributed by atoms with Gasteiger partial charge in [-0.1, -0.05) is 12.8 Å². The third kappa shape index (κ3) is 3.14. The minimum Gasteiger partial charge on any atom is -0.468 e. The van der Waals surface area contributed by atoms with Crippen LogP contribution in [-0.2, 0) is 16.4 Å². The van der Waals surface area contributed by atoms with E-state index in [4.69, 9.17) is 4.42 Å². The number of hydrogen-bond acceptors (Lipinski definition) is 4. The first-order valence-corrected chi connectivity index (χ1v) is 8.17. The molecule has 0 saturated heterocycles. The molecule has 1 aromatic heterocycles. The molecule has 5 heteroatoms. The van der Waals surface area contributed by atoms with Gasteiger partial charge in [0, 0.05) is 6.54 Å². The summed E-state index contributed by atoms with van der Waals surface area (Å²) in [6.07, 6.45) is 5.40. The molecule has 0 radical (unpaired) electrons. The SMILES string of the molecule is CC(CNCc1ccco1)S(=O)(=O)C1CCCC1. The van der Waals surface area contributed by atoms with Crippen molar-refractivity contribution in [2.75, 3.05) is 6.54 Å². The second-order valence-corrected chi connectivity index (χ2v) is 7.67. The van der Waals surface area contributed by atoms with Crippen LogP contribution in [0.5, 0.6) is 0 Å². The van der Waals surface area contributed by atoms with Crippen LogP contribution in [0.4, 0.5) is 0 Å². The lowest BCUT2D eigenvalue weighted by Gasteiger charge is -2.18. The first kappa shape index (κ1) is 13.6. The van der Waals surface area contributed by atoms with Crippen LogP contribution in [0.2, 0.25) is 0 Å². The molecule has 1 atom stereocenters. The van der Waals surface area contributed by atoms with E-state index in [-0.39, 0.29) is 10.5 Å². The van der Waals surface area contributed by atoms with Gasteiger partial charge in [0.25, 0.3) is 0 Å². The van der Waals surface area contributed by atoms with E-state index in [0.29, 0.717) is 13.1 Å². The van der Waals surface area contributed by atoms with Crippen LogP contribution in [0, 0.1) is 0 Å². The zero-order valence-corrected chi connectivity index (χ0v) is 11.6. The summed E-state index contributed by atoms with van der Waals surface area (Å²) in [5.41, 5.74) is 0. The Bertz CT molecular complexity index is 447. The lowest BCUT2D eigenvalue weighted by molar-refractivity contribution is 0.480. The monoisotopic (exact) mass is 271 g/mol. The average molecular weight is 271 g/mol. The summed E-state index contributed by atoms with van der Waals surface area (Å²) >= 11 is 0. The molecule has 0 amide bonds. The van der Waals surface area contributed by atoms with Crippen molar-refractivity contribution in [1.29, 1.82) is 0 Å². The van der Waals surface area contributed by atoms with Crippen LogP contribution in [0.1, 0.15) is 38.4 Å². The second-order valence-electron chi connectivity index (χ2n) is 5.02. The molecule has 0 aliphatic heterocycles. The summed E-state index contributed by atoms with van der Waals surface area (Å²) in [5, 5.41) is 2.71. The zero-order valence-electron chi connectivity index (χ0n) is 10.8. The van der Waals surface area contributed by atoms with Crippen molar-refractivity contribution in [3.63, 3.8) is 0 Å². The van der Waals surface area contributed by atoms with E-state index in [1.165, 1.54) is 0 Å². The average Bonchev–Trinajstić information content (AvgIpc) is 3.02. The molecule has 4 nitrogen and oxygen atoms in total. The number of furan rings is 1. The van der Waals surface area contributed by atoms with E-state index < -0.39 is 9.84 Å². The largest absolute Gasteiger partial charge is 0.468 e. The molecule has 1 aliphatic rings. The lowest BCUT2D eigenvalue weighted by atomic mass is 10.4. The van der Waals surface area contributed by atoms with Gasteiger partial charge in [-0.15, -0.1) is 0 Å². The molecule has 1 heterocycles. The molecule has 0 aromatic carbocycles. The minimum absolute atomic E-state index is 0.113. The second kappa shape index (κ2) is 5.89. The molecule has 18 heavy (non-hydrogen) atoms. The molecule has 1 N–H and O–H groups in total. The minimum atomic E-state index is -2.97. The highest BCUT2D eigenvalue weighted by molar-refractivity contribution is 7.92. The van der Waals surface area contributed by atoms with Crippen molar-refractivity contribution < 1.29 is 12.8 Å². The number of hydrogen-bond donors (Lipinski definition) is 1. The van der Waals surface area contributed by atoms with Gasteiger partial charge in [0.05, 0.1) is 23.3 Å². The Labute approximate surface area is 109 Å². The Kier molecular flexibility index (Phi) is 4.45.